The van der Waals surface area contributed by atoms with E-state index in [2.05, 4.69) is 25.9 Å². The van der Waals surface area contributed by atoms with Gasteiger partial charge in [0.25, 0.3) is 5.69 Å². The minimum atomic E-state index is -0.512. The first-order valence-electron chi connectivity index (χ1n) is 6.15. The van der Waals surface area contributed by atoms with Crippen LogP contribution >= 0.6 is 27.5 Å². The van der Waals surface area contributed by atoms with E-state index in [1.165, 1.54) is 18.2 Å². The third kappa shape index (κ3) is 4.12. The average molecular weight is 373 g/mol. The molecule has 0 spiro atoms. The predicted molar refractivity (Wildman–Crippen MR) is 81.9 cm³/mol. The minimum Gasteiger partial charge on any atom is -0.437 e. The van der Waals surface area contributed by atoms with Gasteiger partial charge < -0.3 is 4.74 Å². The highest BCUT2D eigenvalue weighted by Crippen LogP contribution is 2.32. The van der Waals surface area contributed by atoms with Gasteiger partial charge >= 0.3 is 0 Å². The molecule has 1 aromatic heterocycles. The number of aromatic nitrogens is 2. The van der Waals surface area contributed by atoms with Gasteiger partial charge in [0.15, 0.2) is 5.75 Å². The molecule has 0 aliphatic carbocycles. The molecule has 1 heterocycles. The number of hydrogen-bond donors (Lipinski definition) is 0. The van der Waals surface area contributed by atoms with Gasteiger partial charge in [-0.05, 0) is 28.4 Å². The Hall–Kier alpha value is -1.73. The molecule has 0 unspecified atom stereocenters. The number of ether oxygens (including phenoxy) is 1. The van der Waals surface area contributed by atoms with Crippen LogP contribution in [0, 0.1) is 10.1 Å². The zero-order valence-electron chi connectivity index (χ0n) is 11.0. The van der Waals surface area contributed by atoms with Gasteiger partial charge in [0.2, 0.25) is 5.88 Å². The SMILES string of the molecule is CCCc1nc(Br)cc(Oc2cc([N+](=O)[O-])ccc2Cl)n1. The summed E-state index contributed by atoms with van der Waals surface area (Å²) in [6.07, 6.45) is 1.60. The summed E-state index contributed by atoms with van der Waals surface area (Å²) in [5, 5.41) is 11.1. The highest BCUT2D eigenvalue weighted by molar-refractivity contribution is 9.10. The van der Waals surface area contributed by atoms with E-state index in [-0.39, 0.29) is 22.3 Å². The normalized spacial score (nSPS) is 10.4. The Morgan fingerprint density at radius 2 is 2.14 bits per heavy atom. The Morgan fingerprint density at radius 3 is 2.81 bits per heavy atom. The van der Waals surface area contributed by atoms with Gasteiger partial charge in [-0.25, -0.2) is 4.98 Å². The molecule has 0 bridgehead atoms. The van der Waals surface area contributed by atoms with E-state index >= 15 is 0 Å². The first-order chi connectivity index (χ1) is 9.99. The van der Waals surface area contributed by atoms with Crippen molar-refractivity contribution in [3.8, 4) is 11.6 Å². The van der Waals surface area contributed by atoms with E-state index < -0.39 is 4.92 Å². The topological polar surface area (TPSA) is 78.2 Å². The zero-order valence-corrected chi connectivity index (χ0v) is 13.4. The molecule has 2 aromatic rings. The number of benzene rings is 1. The lowest BCUT2D eigenvalue weighted by atomic mass is 10.3. The van der Waals surface area contributed by atoms with Crippen molar-refractivity contribution in [1.82, 2.24) is 9.97 Å². The zero-order chi connectivity index (χ0) is 15.4. The van der Waals surface area contributed by atoms with Crippen molar-refractivity contribution in [1.29, 1.82) is 0 Å². The summed E-state index contributed by atoms with van der Waals surface area (Å²) in [6.45, 7) is 2.02. The molecule has 0 aliphatic rings. The first kappa shape index (κ1) is 15.7. The van der Waals surface area contributed by atoms with E-state index in [4.69, 9.17) is 16.3 Å². The predicted octanol–water partition coefficient (Wildman–Crippen LogP) is 4.55. The van der Waals surface area contributed by atoms with Crippen LogP contribution < -0.4 is 4.74 Å². The number of aryl methyl sites for hydroxylation is 1. The number of nitrogens with zero attached hydrogens (tertiary/aromatic N) is 3. The standard InChI is InChI=1S/C13H11BrClN3O3/c1-2-3-12-16-11(14)7-13(17-12)21-10-6-8(18(19)20)4-5-9(10)15/h4-7H,2-3H2,1H3. The van der Waals surface area contributed by atoms with Crippen LogP contribution in [0.25, 0.3) is 0 Å². The fourth-order valence-corrected chi connectivity index (χ4v) is 2.18. The highest BCUT2D eigenvalue weighted by Gasteiger charge is 2.13. The van der Waals surface area contributed by atoms with Crippen LogP contribution in [0.2, 0.25) is 5.02 Å². The molecule has 0 amide bonds. The lowest BCUT2D eigenvalue weighted by Gasteiger charge is -2.08. The van der Waals surface area contributed by atoms with Crippen molar-refractivity contribution in [2.45, 2.75) is 19.8 Å². The molecule has 0 radical (unpaired) electrons. The Balaban J connectivity index is 2.33. The smallest absolute Gasteiger partial charge is 0.273 e. The van der Waals surface area contributed by atoms with Gasteiger partial charge in [0, 0.05) is 18.6 Å². The summed E-state index contributed by atoms with van der Waals surface area (Å²) in [5.41, 5.74) is -0.101. The summed E-state index contributed by atoms with van der Waals surface area (Å²) in [6, 6.07) is 5.57. The summed E-state index contributed by atoms with van der Waals surface area (Å²) >= 11 is 9.27. The largest absolute Gasteiger partial charge is 0.437 e. The van der Waals surface area contributed by atoms with E-state index in [1.807, 2.05) is 6.92 Å². The number of nitro groups is 1. The van der Waals surface area contributed by atoms with Crippen LogP contribution in [-0.2, 0) is 6.42 Å². The quantitative estimate of drug-likeness (QED) is 0.437. The lowest BCUT2D eigenvalue weighted by molar-refractivity contribution is -0.384. The number of rotatable bonds is 5. The fourth-order valence-electron chi connectivity index (χ4n) is 1.63. The van der Waals surface area contributed by atoms with E-state index in [9.17, 15) is 10.1 Å². The summed E-state index contributed by atoms with van der Waals surface area (Å²) in [5.74, 6) is 1.09. The van der Waals surface area contributed by atoms with Gasteiger partial charge in [-0.15, -0.1) is 0 Å². The van der Waals surface area contributed by atoms with Crippen LogP contribution in [0.15, 0.2) is 28.9 Å². The molecule has 21 heavy (non-hydrogen) atoms. The second-order valence-corrected chi connectivity index (χ2v) is 5.39. The number of non-ortho nitro benzene ring substituents is 1. The molecule has 0 atom stereocenters. The Bertz CT molecular complexity index is 682. The van der Waals surface area contributed by atoms with Crippen LogP contribution in [0.3, 0.4) is 0 Å². The monoisotopic (exact) mass is 371 g/mol. The van der Waals surface area contributed by atoms with Gasteiger partial charge in [0.05, 0.1) is 16.0 Å². The molecule has 6 nitrogen and oxygen atoms in total. The Labute approximate surface area is 134 Å². The van der Waals surface area contributed by atoms with Gasteiger partial charge in [0.1, 0.15) is 10.4 Å². The third-order valence-corrected chi connectivity index (χ3v) is 3.25. The molecular formula is C13H11BrClN3O3. The summed E-state index contributed by atoms with van der Waals surface area (Å²) in [4.78, 5) is 18.7. The van der Waals surface area contributed by atoms with Crippen molar-refractivity contribution in [2.75, 3.05) is 0 Å². The lowest BCUT2D eigenvalue weighted by Crippen LogP contribution is -1.98. The molecule has 0 aliphatic heterocycles. The van der Waals surface area contributed by atoms with Crippen LogP contribution in [0.1, 0.15) is 19.2 Å². The number of hydrogen-bond acceptors (Lipinski definition) is 5. The molecule has 110 valence electrons. The molecule has 0 saturated heterocycles. The second-order valence-electron chi connectivity index (χ2n) is 4.17. The maximum atomic E-state index is 10.8. The molecule has 0 N–H and O–H groups in total. The molecule has 8 heteroatoms. The maximum Gasteiger partial charge on any atom is 0.273 e. The fraction of sp³-hybridized carbons (Fsp3) is 0.231. The van der Waals surface area contributed by atoms with Gasteiger partial charge in [-0.3, -0.25) is 10.1 Å². The van der Waals surface area contributed by atoms with E-state index in [0.717, 1.165) is 6.42 Å². The van der Waals surface area contributed by atoms with Crippen LogP contribution in [0.5, 0.6) is 11.6 Å². The van der Waals surface area contributed by atoms with Gasteiger partial charge in [-0.1, -0.05) is 18.5 Å². The highest BCUT2D eigenvalue weighted by atomic mass is 79.9. The molecule has 0 saturated carbocycles. The molecule has 2 rings (SSSR count). The molecule has 0 fully saturated rings. The van der Waals surface area contributed by atoms with E-state index in [0.29, 0.717) is 16.8 Å². The van der Waals surface area contributed by atoms with Gasteiger partial charge in [-0.2, -0.15) is 4.98 Å². The van der Waals surface area contributed by atoms with Crippen molar-refractivity contribution in [3.63, 3.8) is 0 Å². The van der Waals surface area contributed by atoms with Crippen LogP contribution in [0.4, 0.5) is 5.69 Å². The first-order valence-corrected chi connectivity index (χ1v) is 7.32. The minimum absolute atomic E-state index is 0.101. The maximum absolute atomic E-state index is 10.8. The Morgan fingerprint density at radius 1 is 1.38 bits per heavy atom. The number of halogens is 2. The van der Waals surface area contributed by atoms with Crippen molar-refractivity contribution >= 4 is 33.2 Å². The van der Waals surface area contributed by atoms with Crippen molar-refractivity contribution in [2.24, 2.45) is 0 Å². The number of nitro benzene ring substituents is 1. The van der Waals surface area contributed by atoms with Crippen molar-refractivity contribution < 1.29 is 9.66 Å². The summed E-state index contributed by atoms with van der Waals surface area (Å²) < 4.78 is 6.13. The second kappa shape index (κ2) is 6.82. The van der Waals surface area contributed by atoms with Crippen molar-refractivity contribution in [3.05, 3.63) is 49.8 Å². The van der Waals surface area contributed by atoms with E-state index in [1.54, 1.807) is 6.07 Å². The Kier molecular flexibility index (Phi) is 5.08. The average Bonchev–Trinajstić information content (AvgIpc) is 2.40. The van der Waals surface area contributed by atoms with Crippen LogP contribution in [-0.4, -0.2) is 14.9 Å². The summed E-state index contributed by atoms with van der Waals surface area (Å²) in [7, 11) is 0. The molecular weight excluding hydrogens is 362 g/mol. The molecule has 1 aromatic carbocycles. The third-order valence-electron chi connectivity index (χ3n) is 2.53.